The molecule has 0 aliphatic heterocycles. The fourth-order valence-corrected chi connectivity index (χ4v) is 1.53. The topological polar surface area (TPSA) is 51.4 Å². The van der Waals surface area contributed by atoms with Crippen LogP contribution in [-0.4, -0.2) is 11.1 Å². The average molecular weight is 209 g/mol. The number of rotatable bonds is 1. The fourth-order valence-electron chi connectivity index (χ4n) is 1.30. The molecule has 0 unspecified atom stereocenters. The zero-order valence-corrected chi connectivity index (χ0v) is 7.88. The highest BCUT2D eigenvalue weighted by molar-refractivity contribution is 6.31. The summed E-state index contributed by atoms with van der Waals surface area (Å²) < 4.78 is 0. The van der Waals surface area contributed by atoms with E-state index < -0.39 is 5.97 Å². The van der Waals surface area contributed by atoms with Crippen LogP contribution in [0.25, 0.3) is 10.9 Å². The quantitative estimate of drug-likeness (QED) is 0.729. The van der Waals surface area contributed by atoms with Crippen molar-refractivity contribution in [3.05, 3.63) is 41.0 Å². The Hall–Kier alpha value is -1.61. The van der Waals surface area contributed by atoms with Crippen LogP contribution in [0.4, 0.5) is 0 Å². The number of carboxylic acid groups (broad SMARTS) is 1. The van der Waals surface area contributed by atoms with E-state index in [4.69, 9.17) is 16.7 Å². The zero-order chi connectivity index (χ0) is 10.1. The van der Waals surface area contributed by atoms with Crippen molar-refractivity contribution in [1.82, 2.24) is 0 Å². The molecule has 2 rings (SSSR count). The van der Waals surface area contributed by atoms with Crippen molar-refractivity contribution < 1.29 is 14.9 Å². The van der Waals surface area contributed by atoms with E-state index in [1.165, 1.54) is 0 Å². The highest BCUT2D eigenvalue weighted by atomic mass is 35.5. The number of para-hydroxylation sites is 1. The lowest BCUT2D eigenvalue weighted by Crippen LogP contribution is -2.11. The first kappa shape index (κ1) is 8.97. The molecule has 2 N–H and O–H groups in total. The number of fused-ring (bicyclic) bond motifs is 1. The summed E-state index contributed by atoms with van der Waals surface area (Å²) in [5.41, 5.74) is 0.910. The van der Waals surface area contributed by atoms with Gasteiger partial charge in [-0.1, -0.05) is 12.1 Å². The van der Waals surface area contributed by atoms with Crippen LogP contribution < -0.4 is 4.98 Å². The second kappa shape index (κ2) is 3.27. The molecule has 14 heavy (non-hydrogen) atoms. The Labute approximate surface area is 85.0 Å². The smallest absolute Gasteiger partial charge is 0.343 e. The molecule has 2 aromatic rings. The van der Waals surface area contributed by atoms with Crippen LogP contribution in [0.3, 0.4) is 0 Å². The summed E-state index contributed by atoms with van der Waals surface area (Å²) in [4.78, 5) is 13.6. The molecule has 0 atom stereocenters. The van der Waals surface area contributed by atoms with E-state index >= 15 is 0 Å². The Morgan fingerprint density at radius 3 is 2.79 bits per heavy atom. The van der Waals surface area contributed by atoms with Gasteiger partial charge in [0, 0.05) is 11.5 Å². The minimum Gasteiger partial charge on any atom is -0.477 e. The number of nitrogens with one attached hydrogen (secondary N) is 1. The number of benzene rings is 1. The predicted octanol–water partition coefficient (Wildman–Crippen LogP) is 2.01. The van der Waals surface area contributed by atoms with Crippen molar-refractivity contribution in [3.63, 3.8) is 0 Å². The molecule has 0 amide bonds. The van der Waals surface area contributed by atoms with Gasteiger partial charge >= 0.3 is 5.97 Å². The number of H-pyrrole nitrogens is 1. The van der Waals surface area contributed by atoms with Gasteiger partial charge in [0.15, 0.2) is 0 Å². The van der Waals surface area contributed by atoms with Gasteiger partial charge in [0.25, 0.3) is 5.15 Å². The molecular formula is C10H7ClNO2+. The van der Waals surface area contributed by atoms with Crippen molar-refractivity contribution in [2.24, 2.45) is 0 Å². The van der Waals surface area contributed by atoms with E-state index in [1.807, 2.05) is 24.3 Å². The van der Waals surface area contributed by atoms with Crippen LogP contribution >= 0.6 is 11.6 Å². The number of carboxylic acids is 1. The molecule has 3 nitrogen and oxygen atoms in total. The number of carbonyl (C=O) groups is 1. The fraction of sp³-hybridized carbons (Fsp3) is 0. The second-order valence-corrected chi connectivity index (χ2v) is 3.27. The summed E-state index contributed by atoms with van der Waals surface area (Å²) in [7, 11) is 0. The van der Waals surface area contributed by atoms with Gasteiger partial charge in [-0.2, -0.15) is 4.98 Å². The number of aromatic nitrogens is 1. The summed E-state index contributed by atoms with van der Waals surface area (Å²) in [5.74, 6) is -1.03. The SMILES string of the molecule is O=C(O)c1cc2ccccc2[nH+]c1Cl. The Bertz CT molecular complexity index is 510. The number of aromatic amines is 1. The van der Waals surface area contributed by atoms with Crippen molar-refractivity contribution >= 4 is 28.5 Å². The summed E-state index contributed by atoms with van der Waals surface area (Å²) in [6.45, 7) is 0. The zero-order valence-electron chi connectivity index (χ0n) is 7.12. The molecule has 1 aromatic heterocycles. The van der Waals surface area contributed by atoms with Crippen LogP contribution in [-0.2, 0) is 0 Å². The maximum absolute atomic E-state index is 10.8. The molecule has 4 heteroatoms. The Kier molecular flexibility index (Phi) is 2.09. The summed E-state index contributed by atoms with van der Waals surface area (Å²) in [5, 5.41) is 9.80. The largest absolute Gasteiger partial charge is 0.477 e. The molecule has 0 radical (unpaired) electrons. The lowest BCUT2D eigenvalue weighted by atomic mass is 10.1. The maximum Gasteiger partial charge on any atom is 0.343 e. The molecular weight excluding hydrogens is 202 g/mol. The van der Waals surface area contributed by atoms with Gasteiger partial charge in [0.1, 0.15) is 5.56 Å². The highest BCUT2D eigenvalue weighted by Crippen LogP contribution is 2.16. The van der Waals surface area contributed by atoms with Crippen molar-refractivity contribution in [2.45, 2.75) is 0 Å². The van der Waals surface area contributed by atoms with Crippen molar-refractivity contribution in [3.8, 4) is 0 Å². The van der Waals surface area contributed by atoms with Crippen LogP contribution in [0.15, 0.2) is 30.3 Å². The van der Waals surface area contributed by atoms with Gasteiger partial charge < -0.3 is 5.11 Å². The van der Waals surface area contributed by atoms with E-state index in [-0.39, 0.29) is 10.7 Å². The van der Waals surface area contributed by atoms with E-state index in [0.29, 0.717) is 0 Å². The van der Waals surface area contributed by atoms with Gasteiger partial charge in [-0.25, -0.2) is 4.79 Å². The molecule has 0 bridgehead atoms. The normalized spacial score (nSPS) is 10.4. The van der Waals surface area contributed by atoms with E-state index in [1.54, 1.807) is 6.07 Å². The molecule has 0 saturated carbocycles. The molecule has 0 aliphatic rings. The standard InChI is InChI=1S/C10H6ClNO2/c11-9-7(10(13)14)5-6-3-1-2-4-8(6)12-9/h1-5H,(H,13,14)/p+1. The molecule has 0 aliphatic carbocycles. The third-order valence-corrected chi connectivity index (χ3v) is 2.27. The van der Waals surface area contributed by atoms with Crippen molar-refractivity contribution in [1.29, 1.82) is 0 Å². The van der Waals surface area contributed by atoms with Gasteiger partial charge in [-0.15, -0.1) is 0 Å². The third-order valence-electron chi connectivity index (χ3n) is 1.97. The van der Waals surface area contributed by atoms with Crippen LogP contribution in [0.1, 0.15) is 10.4 Å². The van der Waals surface area contributed by atoms with Gasteiger partial charge in [-0.05, 0) is 23.7 Å². The molecule has 0 fully saturated rings. The Morgan fingerprint density at radius 2 is 2.07 bits per heavy atom. The van der Waals surface area contributed by atoms with Gasteiger partial charge in [-0.3, -0.25) is 0 Å². The first-order valence-corrected chi connectivity index (χ1v) is 4.40. The summed E-state index contributed by atoms with van der Waals surface area (Å²) in [6.07, 6.45) is 0. The predicted molar refractivity (Wildman–Crippen MR) is 52.5 cm³/mol. The number of pyridine rings is 1. The van der Waals surface area contributed by atoms with Crippen molar-refractivity contribution in [2.75, 3.05) is 0 Å². The molecule has 0 saturated heterocycles. The first-order valence-electron chi connectivity index (χ1n) is 4.02. The number of hydrogen-bond donors (Lipinski definition) is 1. The number of aromatic carboxylic acids is 1. The highest BCUT2D eigenvalue weighted by Gasteiger charge is 2.16. The second-order valence-electron chi connectivity index (χ2n) is 2.89. The molecule has 1 aromatic carbocycles. The van der Waals surface area contributed by atoms with E-state index in [9.17, 15) is 4.79 Å². The van der Waals surface area contributed by atoms with Crippen LogP contribution in [0.2, 0.25) is 5.15 Å². The third kappa shape index (κ3) is 1.42. The van der Waals surface area contributed by atoms with Gasteiger partial charge in [0.05, 0.1) is 0 Å². The first-order chi connectivity index (χ1) is 6.68. The maximum atomic E-state index is 10.8. The average Bonchev–Trinajstić information content (AvgIpc) is 2.16. The molecule has 0 spiro atoms. The lowest BCUT2D eigenvalue weighted by Gasteiger charge is -1.95. The minimum atomic E-state index is -1.03. The summed E-state index contributed by atoms with van der Waals surface area (Å²) >= 11 is 5.76. The number of halogens is 1. The molecule has 70 valence electrons. The lowest BCUT2D eigenvalue weighted by molar-refractivity contribution is -0.342. The summed E-state index contributed by atoms with van der Waals surface area (Å²) in [6, 6.07) is 8.92. The Morgan fingerprint density at radius 1 is 1.36 bits per heavy atom. The Balaban J connectivity index is 2.77. The van der Waals surface area contributed by atoms with E-state index in [2.05, 4.69) is 4.98 Å². The molecule has 1 heterocycles. The monoisotopic (exact) mass is 208 g/mol. The number of hydrogen-bond acceptors (Lipinski definition) is 1. The van der Waals surface area contributed by atoms with Gasteiger partial charge in [0.2, 0.25) is 5.52 Å². The van der Waals surface area contributed by atoms with E-state index in [0.717, 1.165) is 10.9 Å². The van der Waals surface area contributed by atoms with Crippen LogP contribution in [0.5, 0.6) is 0 Å². The van der Waals surface area contributed by atoms with Crippen LogP contribution in [0, 0.1) is 0 Å². The minimum absolute atomic E-state index is 0.0883.